The Labute approximate surface area is 135 Å². The topological polar surface area (TPSA) is 0 Å². The first-order valence-electron chi connectivity index (χ1n) is 8.72. The lowest BCUT2D eigenvalue weighted by molar-refractivity contribution is 1.02. The van der Waals surface area contributed by atoms with Gasteiger partial charge in [0, 0.05) is 0 Å². The standard InChI is InChI=1S/C23H18/c1-13-2-3-14-6-9-18-17-10-7-15-4-5-16-8-11-19(22(16)21(15)17)23(18)20(14)12-13/h2-6,9,12H,7-8,10-11H2,1H3. The first kappa shape index (κ1) is 12.1. The Bertz CT molecular complexity index is 1160. The average molecular weight is 294 g/mol. The second-order valence-electron chi connectivity index (χ2n) is 7.30. The van der Waals surface area contributed by atoms with Crippen LogP contribution in [0.1, 0.15) is 27.8 Å². The van der Waals surface area contributed by atoms with Crippen molar-refractivity contribution in [1.29, 1.82) is 0 Å². The molecule has 0 nitrogen and oxygen atoms in total. The van der Waals surface area contributed by atoms with Crippen LogP contribution in [0.4, 0.5) is 0 Å². The molecule has 0 bridgehead atoms. The number of aryl methyl sites for hydroxylation is 5. The van der Waals surface area contributed by atoms with Crippen LogP contribution in [-0.4, -0.2) is 0 Å². The molecular weight excluding hydrogens is 276 g/mol. The molecule has 0 aromatic heterocycles. The highest BCUT2D eigenvalue weighted by atomic mass is 14.3. The molecule has 0 heterocycles. The van der Waals surface area contributed by atoms with Crippen LogP contribution >= 0.6 is 0 Å². The fraction of sp³-hybridized carbons (Fsp3) is 0.217. The Balaban J connectivity index is 1.98. The van der Waals surface area contributed by atoms with Crippen LogP contribution in [0.5, 0.6) is 0 Å². The molecule has 4 aromatic carbocycles. The van der Waals surface area contributed by atoms with Crippen LogP contribution in [0.15, 0.2) is 42.5 Å². The summed E-state index contributed by atoms with van der Waals surface area (Å²) in [4.78, 5) is 0. The zero-order chi connectivity index (χ0) is 15.1. The minimum Gasteiger partial charge on any atom is -0.0587 e. The summed E-state index contributed by atoms with van der Waals surface area (Å²) >= 11 is 0. The SMILES string of the molecule is Cc1ccc2ccc3c4c5c(ccc6c5c(c3c2c1)CC6)CC4. The van der Waals surface area contributed by atoms with E-state index in [2.05, 4.69) is 49.4 Å². The van der Waals surface area contributed by atoms with Crippen molar-refractivity contribution < 1.29 is 0 Å². The highest BCUT2D eigenvalue weighted by molar-refractivity contribution is 6.19. The van der Waals surface area contributed by atoms with E-state index < -0.39 is 0 Å². The molecule has 0 heteroatoms. The normalized spacial score (nSPS) is 15.3. The molecule has 2 aliphatic carbocycles. The number of hydrogen-bond donors (Lipinski definition) is 0. The zero-order valence-electron chi connectivity index (χ0n) is 13.4. The van der Waals surface area contributed by atoms with Gasteiger partial charge in [-0.3, -0.25) is 0 Å². The molecule has 6 rings (SSSR count). The first-order valence-corrected chi connectivity index (χ1v) is 8.72. The summed E-state index contributed by atoms with van der Waals surface area (Å²) in [5.74, 6) is 0. The second kappa shape index (κ2) is 3.94. The van der Waals surface area contributed by atoms with Gasteiger partial charge in [0.05, 0.1) is 0 Å². The van der Waals surface area contributed by atoms with Gasteiger partial charge in [-0.25, -0.2) is 0 Å². The van der Waals surface area contributed by atoms with Gasteiger partial charge in [-0.1, -0.05) is 48.0 Å². The maximum atomic E-state index is 2.39. The van der Waals surface area contributed by atoms with Gasteiger partial charge < -0.3 is 0 Å². The summed E-state index contributed by atoms with van der Waals surface area (Å²) in [6, 6.07) is 16.4. The molecule has 0 radical (unpaired) electrons. The molecule has 2 aliphatic rings. The minimum absolute atomic E-state index is 1.21. The van der Waals surface area contributed by atoms with E-state index in [0.29, 0.717) is 0 Å². The van der Waals surface area contributed by atoms with Gasteiger partial charge in [-0.05, 0) is 87.2 Å². The Hall–Kier alpha value is -2.34. The maximum absolute atomic E-state index is 2.39. The lowest BCUT2D eigenvalue weighted by Crippen LogP contribution is -1.91. The number of rotatable bonds is 0. The lowest BCUT2D eigenvalue weighted by atomic mass is 9.89. The zero-order valence-corrected chi connectivity index (χ0v) is 13.4. The van der Waals surface area contributed by atoms with Crippen LogP contribution in [0.2, 0.25) is 0 Å². The Morgan fingerprint density at radius 3 is 2.13 bits per heavy atom. The number of benzene rings is 4. The average Bonchev–Trinajstić information content (AvgIpc) is 3.17. The van der Waals surface area contributed by atoms with Crippen molar-refractivity contribution in [3.8, 4) is 0 Å². The molecule has 0 N–H and O–H groups in total. The van der Waals surface area contributed by atoms with Gasteiger partial charge in [0.2, 0.25) is 0 Å². The quantitative estimate of drug-likeness (QED) is 0.290. The van der Waals surface area contributed by atoms with Crippen molar-refractivity contribution in [2.24, 2.45) is 0 Å². The van der Waals surface area contributed by atoms with Gasteiger partial charge in [0.15, 0.2) is 0 Å². The number of hydrogen-bond acceptors (Lipinski definition) is 0. The summed E-state index contributed by atoms with van der Waals surface area (Å²) < 4.78 is 0. The van der Waals surface area contributed by atoms with E-state index in [4.69, 9.17) is 0 Å². The minimum atomic E-state index is 1.21. The second-order valence-corrected chi connectivity index (χ2v) is 7.30. The van der Waals surface area contributed by atoms with E-state index in [9.17, 15) is 0 Å². The van der Waals surface area contributed by atoms with E-state index in [-0.39, 0.29) is 0 Å². The highest BCUT2D eigenvalue weighted by Gasteiger charge is 2.26. The van der Waals surface area contributed by atoms with Crippen molar-refractivity contribution in [3.05, 3.63) is 70.3 Å². The number of fused-ring (bicyclic) bond motifs is 5. The molecule has 0 amide bonds. The Morgan fingerprint density at radius 2 is 1.30 bits per heavy atom. The molecule has 110 valence electrons. The smallest absolute Gasteiger partial charge is 0.00638 e. The predicted molar refractivity (Wildman–Crippen MR) is 98.5 cm³/mol. The Morgan fingerprint density at radius 1 is 0.609 bits per heavy atom. The van der Waals surface area contributed by atoms with Crippen LogP contribution in [0, 0.1) is 6.92 Å². The van der Waals surface area contributed by atoms with E-state index in [1.807, 2.05) is 0 Å². The summed E-state index contributed by atoms with van der Waals surface area (Å²) in [7, 11) is 0. The van der Waals surface area contributed by atoms with E-state index >= 15 is 0 Å². The van der Waals surface area contributed by atoms with Crippen molar-refractivity contribution in [2.75, 3.05) is 0 Å². The molecule has 0 unspecified atom stereocenters. The van der Waals surface area contributed by atoms with Gasteiger partial charge in [-0.2, -0.15) is 0 Å². The van der Waals surface area contributed by atoms with Crippen molar-refractivity contribution in [1.82, 2.24) is 0 Å². The molecule has 0 spiro atoms. The summed E-state index contributed by atoms with van der Waals surface area (Å²) in [6.45, 7) is 2.21. The Kier molecular flexibility index (Phi) is 2.08. The third-order valence-electron chi connectivity index (χ3n) is 6.07. The lowest BCUT2D eigenvalue weighted by Gasteiger charge is -2.14. The monoisotopic (exact) mass is 294 g/mol. The molecular formula is C23H18. The van der Waals surface area contributed by atoms with Crippen LogP contribution in [0.25, 0.3) is 32.3 Å². The summed E-state index contributed by atoms with van der Waals surface area (Å²) in [5.41, 5.74) is 7.75. The van der Waals surface area contributed by atoms with E-state index in [0.717, 1.165) is 0 Å². The van der Waals surface area contributed by atoms with Crippen LogP contribution in [-0.2, 0) is 25.7 Å². The maximum Gasteiger partial charge on any atom is -0.00638 e. The van der Waals surface area contributed by atoms with Crippen molar-refractivity contribution in [2.45, 2.75) is 32.6 Å². The van der Waals surface area contributed by atoms with Crippen molar-refractivity contribution >= 4 is 32.3 Å². The van der Waals surface area contributed by atoms with Crippen LogP contribution < -0.4 is 0 Å². The third-order valence-corrected chi connectivity index (χ3v) is 6.07. The third kappa shape index (κ3) is 1.38. The van der Waals surface area contributed by atoms with Gasteiger partial charge in [0.25, 0.3) is 0 Å². The molecule has 0 saturated heterocycles. The first-order chi connectivity index (χ1) is 11.3. The molecule has 0 fully saturated rings. The van der Waals surface area contributed by atoms with E-state index in [1.165, 1.54) is 47.4 Å². The fourth-order valence-corrected chi connectivity index (χ4v) is 5.09. The highest BCUT2D eigenvalue weighted by Crippen LogP contribution is 2.46. The molecule has 0 aliphatic heterocycles. The molecule has 4 aromatic rings. The molecule has 0 saturated carbocycles. The van der Waals surface area contributed by atoms with E-state index in [1.54, 1.807) is 38.4 Å². The molecule has 0 atom stereocenters. The van der Waals surface area contributed by atoms with Gasteiger partial charge >= 0.3 is 0 Å². The summed E-state index contributed by atoms with van der Waals surface area (Å²) in [6.07, 6.45) is 4.85. The van der Waals surface area contributed by atoms with Gasteiger partial charge in [0.1, 0.15) is 0 Å². The predicted octanol–water partition coefficient (Wildman–Crippen LogP) is 5.65. The van der Waals surface area contributed by atoms with Gasteiger partial charge in [-0.15, -0.1) is 0 Å². The fourth-order valence-electron chi connectivity index (χ4n) is 5.09. The van der Waals surface area contributed by atoms with Crippen LogP contribution in [0.3, 0.4) is 0 Å². The molecule has 23 heavy (non-hydrogen) atoms. The largest absolute Gasteiger partial charge is 0.0587 e. The van der Waals surface area contributed by atoms with Crippen molar-refractivity contribution in [3.63, 3.8) is 0 Å². The summed E-state index contributed by atoms with van der Waals surface area (Å²) in [5, 5.41) is 9.12.